The normalized spacial score (nSPS) is 15.2. The summed E-state index contributed by atoms with van der Waals surface area (Å²) in [6.07, 6.45) is 7.74. The first-order valence-corrected chi connectivity index (χ1v) is 9.30. The maximum absolute atomic E-state index is 12.3. The van der Waals surface area contributed by atoms with Crippen molar-refractivity contribution < 1.29 is 14.3 Å². The number of carbonyl (C=O) groups excluding carboxylic acids is 2. The van der Waals surface area contributed by atoms with Crippen LogP contribution in [0, 0.1) is 0 Å². The Morgan fingerprint density at radius 3 is 2.39 bits per heavy atom. The van der Waals surface area contributed by atoms with Gasteiger partial charge in [0.05, 0.1) is 20.0 Å². The fraction of sp³-hybridized carbons (Fsp3) is 0.556. The highest BCUT2D eigenvalue weighted by molar-refractivity contribution is 7.97. The first kappa shape index (κ1) is 16.4. The largest absolute Gasteiger partial charge is 0.469 e. The van der Waals surface area contributed by atoms with E-state index in [-0.39, 0.29) is 11.9 Å². The fourth-order valence-corrected chi connectivity index (χ4v) is 4.32. The maximum Gasteiger partial charge on any atom is 0.306 e. The van der Waals surface area contributed by atoms with E-state index >= 15 is 0 Å². The smallest absolute Gasteiger partial charge is 0.306 e. The van der Waals surface area contributed by atoms with Gasteiger partial charge in [0.25, 0.3) is 0 Å². The molecule has 2 aliphatic rings. The molecule has 1 aromatic carbocycles. The Bertz CT molecular complexity index is 595. The Morgan fingerprint density at radius 1 is 1.13 bits per heavy atom. The van der Waals surface area contributed by atoms with Crippen molar-refractivity contribution in [2.75, 3.05) is 12.9 Å². The predicted molar refractivity (Wildman–Crippen MR) is 91.4 cm³/mol. The van der Waals surface area contributed by atoms with Gasteiger partial charge in [-0.25, -0.2) is 0 Å². The summed E-state index contributed by atoms with van der Waals surface area (Å²) >= 11 is 1.29. The Kier molecular flexibility index (Phi) is 5.26. The van der Waals surface area contributed by atoms with E-state index in [2.05, 4.69) is 15.5 Å². The molecule has 0 fully saturated rings. The van der Waals surface area contributed by atoms with E-state index in [1.165, 1.54) is 59.7 Å². The number of hydrogen-bond donors (Lipinski definition) is 1. The number of esters is 1. The third-order valence-electron chi connectivity index (χ3n) is 4.76. The van der Waals surface area contributed by atoms with E-state index < -0.39 is 0 Å². The molecule has 0 heterocycles. The van der Waals surface area contributed by atoms with Crippen LogP contribution >= 0.6 is 11.9 Å². The van der Waals surface area contributed by atoms with Gasteiger partial charge >= 0.3 is 5.97 Å². The molecular weight excluding hydrogens is 310 g/mol. The van der Waals surface area contributed by atoms with Gasteiger partial charge in [-0.15, -0.1) is 0 Å². The minimum Gasteiger partial charge on any atom is -0.469 e. The molecule has 124 valence electrons. The van der Waals surface area contributed by atoms with Crippen LogP contribution in [0.5, 0.6) is 0 Å². The Balaban J connectivity index is 1.62. The number of aryl methyl sites for hydroxylation is 2. The molecule has 2 aliphatic carbocycles. The highest BCUT2D eigenvalue weighted by atomic mass is 32.2. The first-order valence-electron chi connectivity index (χ1n) is 8.32. The average molecular weight is 333 g/mol. The van der Waals surface area contributed by atoms with Crippen molar-refractivity contribution in [3.8, 4) is 0 Å². The topological polar surface area (TPSA) is 55.4 Å². The zero-order valence-corrected chi connectivity index (χ0v) is 14.4. The second-order valence-electron chi connectivity index (χ2n) is 6.21. The molecule has 0 unspecified atom stereocenters. The number of amides is 1. The van der Waals surface area contributed by atoms with Gasteiger partial charge in [-0.1, -0.05) is 6.07 Å². The van der Waals surface area contributed by atoms with Gasteiger partial charge in [0, 0.05) is 5.75 Å². The molecular formula is C18H23NO3S. The quantitative estimate of drug-likeness (QED) is 0.494. The maximum atomic E-state index is 12.3. The van der Waals surface area contributed by atoms with Crippen LogP contribution in [0.25, 0.3) is 0 Å². The minimum absolute atomic E-state index is 0.0364. The lowest BCUT2D eigenvalue weighted by Gasteiger charge is -2.14. The molecule has 4 nitrogen and oxygen atoms in total. The van der Waals surface area contributed by atoms with Crippen LogP contribution in [0.3, 0.4) is 0 Å². The number of carbonyl (C=O) groups is 2. The SMILES string of the molecule is COC(=O)CCSNC(=O)Cc1c2c(cc3c1CCC3)CCC2. The molecule has 1 aromatic rings. The molecule has 3 rings (SSSR count). The van der Waals surface area contributed by atoms with Crippen LogP contribution in [-0.4, -0.2) is 24.7 Å². The number of methoxy groups -OCH3 is 1. The summed E-state index contributed by atoms with van der Waals surface area (Å²) in [5, 5.41) is 0. The van der Waals surface area contributed by atoms with Crippen molar-refractivity contribution in [3.63, 3.8) is 0 Å². The second-order valence-corrected chi connectivity index (χ2v) is 7.12. The van der Waals surface area contributed by atoms with Crippen LogP contribution in [0.4, 0.5) is 0 Å². The summed E-state index contributed by atoms with van der Waals surface area (Å²) in [5.41, 5.74) is 7.08. The van der Waals surface area contributed by atoms with Crippen LogP contribution in [-0.2, 0) is 46.4 Å². The highest BCUT2D eigenvalue weighted by Gasteiger charge is 2.24. The third kappa shape index (κ3) is 3.71. The molecule has 0 saturated heterocycles. The van der Waals surface area contributed by atoms with Gasteiger partial charge in [0.1, 0.15) is 0 Å². The predicted octanol–water partition coefficient (Wildman–Crippen LogP) is 2.53. The number of hydrogen-bond acceptors (Lipinski definition) is 4. The van der Waals surface area contributed by atoms with Gasteiger partial charge < -0.3 is 4.74 Å². The first-order chi connectivity index (χ1) is 11.2. The molecule has 0 atom stereocenters. The van der Waals surface area contributed by atoms with Gasteiger partial charge in [0.15, 0.2) is 0 Å². The molecule has 0 saturated carbocycles. The van der Waals surface area contributed by atoms with Gasteiger partial charge in [-0.05, 0) is 78.3 Å². The van der Waals surface area contributed by atoms with Crippen molar-refractivity contribution in [1.82, 2.24) is 4.72 Å². The molecule has 0 aliphatic heterocycles. The Labute approximate surface area is 141 Å². The number of ether oxygens (including phenoxy) is 1. The third-order valence-corrected chi connectivity index (χ3v) is 5.54. The van der Waals surface area contributed by atoms with Crippen molar-refractivity contribution >= 4 is 23.8 Å². The van der Waals surface area contributed by atoms with Gasteiger partial charge in [-0.2, -0.15) is 0 Å². The van der Waals surface area contributed by atoms with Crippen LogP contribution < -0.4 is 4.72 Å². The van der Waals surface area contributed by atoms with Crippen LogP contribution in [0.2, 0.25) is 0 Å². The standard InChI is InChI=1S/C18H23NO3S/c1-22-18(21)8-9-23-19-17(20)11-16-14-6-2-4-12(14)10-13-5-3-7-15(13)16/h10H,2-9,11H2,1H3,(H,19,20). The zero-order chi connectivity index (χ0) is 16.2. The molecule has 0 spiro atoms. The summed E-state index contributed by atoms with van der Waals surface area (Å²) in [5.74, 6) is 0.336. The molecule has 5 heteroatoms. The van der Waals surface area contributed by atoms with Crippen LogP contribution in [0.1, 0.15) is 47.1 Å². The summed E-state index contributed by atoms with van der Waals surface area (Å²) < 4.78 is 7.45. The monoisotopic (exact) mass is 333 g/mol. The fourth-order valence-electron chi connectivity index (χ4n) is 3.71. The van der Waals surface area contributed by atoms with Crippen molar-refractivity contribution in [1.29, 1.82) is 0 Å². The van der Waals surface area contributed by atoms with Crippen LogP contribution in [0.15, 0.2) is 6.07 Å². The summed E-state index contributed by atoms with van der Waals surface area (Å²) in [6.45, 7) is 0. The number of nitrogens with one attached hydrogen (secondary N) is 1. The zero-order valence-electron chi connectivity index (χ0n) is 13.6. The molecule has 1 N–H and O–H groups in total. The van der Waals surface area contributed by atoms with Gasteiger partial charge in [0.2, 0.25) is 5.91 Å². The van der Waals surface area contributed by atoms with Crippen molar-refractivity contribution in [2.24, 2.45) is 0 Å². The number of fused-ring (bicyclic) bond motifs is 2. The lowest BCUT2D eigenvalue weighted by molar-refractivity contribution is -0.140. The van der Waals surface area contributed by atoms with E-state index in [9.17, 15) is 9.59 Å². The van der Waals surface area contributed by atoms with Crippen molar-refractivity contribution in [3.05, 3.63) is 33.9 Å². The van der Waals surface area contributed by atoms with E-state index in [1.807, 2.05) is 0 Å². The minimum atomic E-state index is -0.245. The summed E-state index contributed by atoms with van der Waals surface area (Å²) in [6, 6.07) is 2.39. The number of benzene rings is 1. The van der Waals surface area contributed by atoms with Gasteiger partial charge in [-0.3, -0.25) is 14.3 Å². The summed E-state index contributed by atoms with van der Waals surface area (Å²) in [4.78, 5) is 23.3. The lowest BCUT2D eigenvalue weighted by atomic mass is 9.92. The molecule has 0 bridgehead atoms. The molecule has 0 radical (unpaired) electrons. The van der Waals surface area contributed by atoms with Crippen molar-refractivity contribution in [2.45, 2.75) is 51.4 Å². The number of rotatable bonds is 6. The van der Waals surface area contributed by atoms with E-state index in [4.69, 9.17) is 0 Å². The average Bonchev–Trinajstić information content (AvgIpc) is 3.19. The lowest BCUT2D eigenvalue weighted by Crippen LogP contribution is -2.21. The van der Waals surface area contributed by atoms with E-state index in [1.54, 1.807) is 0 Å². The highest BCUT2D eigenvalue weighted by Crippen LogP contribution is 2.35. The molecule has 23 heavy (non-hydrogen) atoms. The second kappa shape index (κ2) is 7.39. The van der Waals surface area contributed by atoms with E-state index in [0.717, 1.165) is 25.7 Å². The van der Waals surface area contributed by atoms with E-state index in [0.29, 0.717) is 18.6 Å². The molecule has 1 amide bonds. The molecule has 0 aromatic heterocycles. The Morgan fingerprint density at radius 2 is 1.78 bits per heavy atom. The summed E-state index contributed by atoms with van der Waals surface area (Å²) in [7, 11) is 1.38. The Hall–Kier alpha value is -1.49.